The molecule has 0 saturated heterocycles. The molecule has 0 radical (unpaired) electrons. The average Bonchev–Trinajstić information content (AvgIpc) is 2.79. The van der Waals surface area contributed by atoms with Gasteiger partial charge in [-0.25, -0.2) is 13.2 Å². The summed E-state index contributed by atoms with van der Waals surface area (Å²) in [6, 6.07) is 18.7. The lowest BCUT2D eigenvalue weighted by Crippen LogP contribution is -2.36. The minimum Gasteiger partial charge on any atom is -0.457 e. The van der Waals surface area contributed by atoms with E-state index in [1.165, 1.54) is 22.5 Å². The first kappa shape index (κ1) is 21.8. The number of sulfonamides is 1. The molecule has 0 aromatic heterocycles. The Morgan fingerprint density at radius 2 is 1.71 bits per heavy atom. The first-order valence-electron chi connectivity index (χ1n) is 9.62. The van der Waals surface area contributed by atoms with Crippen molar-refractivity contribution >= 4 is 39.2 Å². The molecule has 0 aliphatic carbocycles. The van der Waals surface area contributed by atoms with E-state index < -0.39 is 16.0 Å². The molecule has 160 valence electrons. The molecular weight excluding hydrogens is 457 g/mol. The molecule has 0 bridgehead atoms. The van der Waals surface area contributed by atoms with E-state index in [1.54, 1.807) is 24.3 Å². The van der Waals surface area contributed by atoms with Crippen LogP contribution in [0.3, 0.4) is 0 Å². The van der Waals surface area contributed by atoms with Gasteiger partial charge in [-0.15, -0.1) is 0 Å². The van der Waals surface area contributed by atoms with Crippen molar-refractivity contribution in [1.29, 1.82) is 0 Å². The highest BCUT2D eigenvalue weighted by molar-refractivity contribution is 7.89. The third-order valence-corrected chi connectivity index (χ3v) is 7.74. The van der Waals surface area contributed by atoms with Gasteiger partial charge in [0.2, 0.25) is 10.0 Å². The third-order valence-electron chi connectivity index (χ3n) is 5.16. The molecule has 1 heterocycles. The summed E-state index contributed by atoms with van der Waals surface area (Å²) in [5.74, 6) is -0.618. The van der Waals surface area contributed by atoms with Crippen LogP contribution in [-0.4, -0.2) is 25.2 Å². The van der Waals surface area contributed by atoms with Crippen LogP contribution in [-0.2, 0) is 34.3 Å². The van der Waals surface area contributed by atoms with Crippen LogP contribution in [0.5, 0.6) is 0 Å². The molecule has 1 aliphatic heterocycles. The molecule has 5 nitrogen and oxygen atoms in total. The Morgan fingerprint density at radius 3 is 2.48 bits per heavy atom. The van der Waals surface area contributed by atoms with Crippen LogP contribution in [0, 0.1) is 0 Å². The Labute approximate surface area is 191 Å². The highest BCUT2D eigenvalue weighted by Crippen LogP contribution is 2.26. The largest absolute Gasteiger partial charge is 0.457 e. The number of esters is 1. The van der Waals surface area contributed by atoms with Gasteiger partial charge in [0.15, 0.2) is 0 Å². The van der Waals surface area contributed by atoms with E-state index in [2.05, 4.69) is 0 Å². The SMILES string of the molecule is O=C(OCc1ccc(Cl)c(Cl)c1)c1cccc(S(=O)(=O)N2CCc3ccccc3C2)c1. The first-order chi connectivity index (χ1) is 14.8. The van der Waals surface area contributed by atoms with E-state index >= 15 is 0 Å². The van der Waals surface area contributed by atoms with E-state index in [0.29, 0.717) is 35.1 Å². The Morgan fingerprint density at radius 1 is 0.935 bits per heavy atom. The molecule has 0 atom stereocenters. The van der Waals surface area contributed by atoms with Gasteiger partial charge in [-0.05, 0) is 53.4 Å². The van der Waals surface area contributed by atoms with Crippen LogP contribution in [0.1, 0.15) is 27.0 Å². The number of hydrogen-bond donors (Lipinski definition) is 0. The molecule has 0 N–H and O–H groups in total. The number of ether oxygens (including phenoxy) is 1. The quantitative estimate of drug-likeness (QED) is 0.481. The molecule has 0 spiro atoms. The van der Waals surface area contributed by atoms with Crippen molar-refractivity contribution in [3.63, 3.8) is 0 Å². The number of hydrogen-bond acceptors (Lipinski definition) is 4. The molecule has 8 heteroatoms. The highest BCUT2D eigenvalue weighted by Gasteiger charge is 2.28. The summed E-state index contributed by atoms with van der Waals surface area (Å²) in [7, 11) is -3.74. The number of nitrogens with zero attached hydrogens (tertiary/aromatic N) is 1. The molecule has 0 saturated carbocycles. The van der Waals surface area contributed by atoms with Gasteiger partial charge in [-0.2, -0.15) is 4.31 Å². The van der Waals surface area contributed by atoms with Gasteiger partial charge >= 0.3 is 5.97 Å². The second-order valence-electron chi connectivity index (χ2n) is 7.21. The van der Waals surface area contributed by atoms with E-state index in [4.69, 9.17) is 27.9 Å². The molecule has 3 aromatic carbocycles. The minimum atomic E-state index is -3.74. The van der Waals surface area contributed by atoms with Crippen LogP contribution in [0.2, 0.25) is 10.0 Å². The van der Waals surface area contributed by atoms with Crippen molar-refractivity contribution in [2.45, 2.75) is 24.5 Å². The Bertz CT molecular complexity index is 1240. The third kappa shape index (κ3) is 4.77. The topological polar surface area (TPSA) is 63.7 Å². The summed E-state index contributed by atoms with van der Waals surface area (Å²) in [4.78, 5) is 12.6. The Kier molecular flexibility index (Phi) is 6.34. The summed E-state index contributed by atoms with van der Waals surface area (Å²) < 4.78 is 33.1. The van der Waals surface area contributed by atoms with Gasteiger partial charge in [0.25, 0.3) is 0 Å². The predicted octanol–water partition coefficient (Wildman–Crippen LogP) is 5.10. The lowest BCUT2D eigenvalue weighted by atomic mass is 10.0. The molecule has 4 rings (SSSR count). The van der Waals surface area contributed by atoms with E-state index in [-0.39, 0.29) is 17.1 Å². The number of halogens is 2. The normalized spacial score (nSPS) is 14.1. The lowest BCUT2D eigenvalue weighted by molar-refractivity contribution is 0.0472. The van der Waals surface area contributed by atoms with Crippen molar-refractivity contribution < 1.29 is 17.9 Å². The second kappa shape index (κ2) is 9.01. The van der Waals surface area contributed by atoms with Gasteiger partial charge in [0.05, 0.1) is 20.5 Å². The van der Waals surface area contributed by atoms with Gasteiger partial charge in [0.1, 0.15) is 6.61 Å². The maximum absolute atomic E-state index is 13.2. The van der Waals surface area contributed by atoms with Crippen molar-refractivity contribution in [2.75, 3.05) is 6.54 Å². The summed E-state index contributed by atoms with van der Waals surface area (Å²) in [6.45, 7) is 0.700. The predicted molar refractivity (Wildman–Crippen MR) is 120 cm³/mol. The van der Waals surface area contributed by atoms with Crippen molar-refractivity contribution in [3.8, 4) is 0 Å². The zero-order valence-electron chi connectivity index (χ0n) is 16.4. The molecule has 0 fully saturated rings. The van der Waals surface area contributed by atoms with Crippen molar-refractivity contribution in [1.82, 2.24) is 4.31 Å². The van der Waals surface area contributed by atoms with Gasteiger partial charge in [-0.1, -0.05) is 59.6 Å². The van der Waals surface area contributed by atoms with Crippen LogP contribution in [0.25, 0.3) is 0 Å². The Hall–Kier alpha value is -2.38. The molecule has 1 aliphatic rings. The number of rotatable bonds is 5. The zero-order valence-corrected chi connectivity index (χ0v) is 18.8. The average molecular weight is 476 g/mol. The Balaban J connectivity index is 1.49. The van der Waals surface area contributed by atoms with Crippen LogP contribution in [0.4, 0.5) is 0 Å². The van der Waals surface area contributed by atoms with Crippen LogP contribution < -0.4 is 0 Å². The maximum atomic E-state index is 13.2. The maximum Gasteiger partial charge on any atom is 0.338 e. The second-order valence-corrected chi connectivity index (χ2v) is 9.96. The van der Waals surface area contributed by atoms with Gasteiger partial charge in [-0.3, -0.25) is 0 Å². The molecule has 3 aromatic rings. The summed E-state index contributed by atoms with van der Waals surface area (Å²) in [5, 5.41) is 0.779. The van der Waals surface area contributed by atoms with Crippen LogP contribution >= 0.6 is 23.2 Å². The van der Waals surface area contributed by atoms with Crippen molar-refractivity contribution in [3.05, 3.63) is 99.0 Å². The molecular formula is C23H19Cl2NO4S. The summed E-state index contributed by atoms with van der Waals surface area (Å²) in [6.07, 6.45) is 0.654. The highest BCUT2D eigenvalue weighted by atomic mass is 35.5. The molecule has 31 heavy (non-hydrogen) atoms. The van der Waals surface area contributed by atoms with Crippen molar-refractivity contribution in [2.24, 2.45) is 0 Å². The van der Waals surface area contributed by atoms with Crippen LogP contribution in [0.15, 0.2) is 71.6 Å². The van der Waals surface area contributed by atoms with Gasteiger partial charge < -0.3 is 4.74 Å². The number of fused-ring (bicyclic) bond motifs is 1. The number of carbonyl (C=O) groups is 1. The fourth-order valence-electron chi connectivity index (χ4n) is 3.47. The van der Waals surface area contributed by atoms with E-state index in [1.807, 2.05) is 24.3 Å². The minimum absolute atomic E-state index is 0.00436. The molecule has 0 amide bonds. The summed E-state index contributed by atoms with van der Waals surface area (Å²) in [5.41, 5.74) is 3.00. The fourth-order valence-corrected chi connectivity index (χ4v) is 5.26. The molecule has 0 unspecified atom stereocenters. The van der Waals surface area contributed by atoms with E-state index in [0.717, 1.165) is 11.1 Å². The summed E-state index contributed by atoms with van der Waals surface area (Å²) >= 11 is 11.9. The lowest BCUT2D eigenvalue weighted by Gasteiger charge is -2.28. The number of benzene rings is 3. The number of carbonyl (C=O) groups excluding carboxylic acids is 1. The first-order valence-corrected chi connectivity index (χ1v) is 11.8. The smallest absolute Gasteiger partial charge is 0.338 e. The standard InChI is InChI=1S/C23H19Cl2NO4S/c24-21-9-8-16(12-22(21)25)15-30-23(27)18-6-3-7-20(13-18)31(28,29)26-11-10-17-4-1-2-5-19(17)14-26/h1-9,12-13H,10-11,14-15H2. The van der Waals surface area contributed by atoms with E-state index in [9.17, 15) is 13.2 Å². The van der Waals surface area contributed by atoms with Gasteiger partial charge in [0, 0.05) is 13.1 Å². The zero-order chi connectivity index (χ0) is 22.0. The fraction of sp³-hybridized carbons (Fsp3) is 0.174. The monoisotopic (exact) mass is 475 g/mol.